The number of aliphatic hydroxyl groups excluding tert-OH is 1. The fraction of sp³-hybridized carbons (Fsp3) is 0.905. The van der Waals surface area contributed by atoms with Gasteiger partial charge in [0.25, 0.3) is 0 Å². The second kappa shape index (κ2) is 21.2. The summed E-state index contributed by atoms with van der Waals surface area (Å²) in [7, 11) is 0. The van der Waals surface area contributed by atoms with E-state index in [1.54, 1.807) is 0 Å². The summed E-state index contributed by atoms with van der Waals surface area (Å²) in [4.78, 5) is 22.4. The molecular formula is C21H40MgO4. The number of hydrogen-bond donors (Lipinski definition) is 1. The van der Waals surface area contributed by atoms with Gasteiger partial charge in [0.15, 0.2) is 0 Å². The zero-order chi connectivity index (χ0) is 18.8. The third-order valence-electron chi connectivity index (χ3n) is 4.54. The molecule has 0 spiro atoms. The number of esters is 2. The van der Waals surface area contributed by atoms with Crippen molar-refractivity contribution in [1.29, 1.82) is 0 Å². The standard InChI is InChI=1S/C21H40O4.Mg/c1-3-4-5-6-7-8-9-10-11-12-13-14-15-16-17-18-20(23)25-21(24)19(2)22;/h19,22H,3-18H2,1-2H3;. The number of carbonyl (C=O) groups is 2. The molecule has 0 aliphatic heterocycles. The quantitative estimate of drug-likeness (QED) is 0.160. The molecule has 1 unspecified atom stereocenters. The van der Waals surface area contributed by atoms with E-state index in [1.165, 1.54) is 84.0 Å². The molecule has 5 heteroatoms. The van der Waals surface area contributed by atoms with Gasteiger partial charge >= 0.3 is 11.9 Å². The van der Waals surface area contributed by atoms with E-state index in [2.05, 4.69) is 11.7 Å². The molecule has 0 aliphatic carbocycles. The highest BCUT2D eigenvalue weighted by molar-refractivity contribution is 5.87. The minimum absolute atomic E-state index is 0. The van der Waals surface area contributed by atoms with Crippen LogP contribution in [-0.2, 0) is 14.3 Å². The van der Waals surface area contributed by atoms with Gasteiger partial charge in [-0.25, -0.2) is 4.79 Å². The van der Waals surface area contributed by atoms with Crippen molar-refractivity contribution in [2.45, 2.75) is 123 Å². The molecule has 26 heavy (non-hydrogen) atoms. The van der Waals surface area contributed by atoms with Gasteiger partial charge < -0.3 is 9.84 Å². The normalized spacial score (nSPS) is 11.7. The molecular weight excluding hydrogens is 341 g/mol. The Hall–Kier alpha value is -0.134. The van der Waals surface area contributed by atoms with E-state index in [1.807, 2.05) is 0 Å². The summed E-state index contributed by atoms with van der Waals surface area (Å²) in [5, 5.41) is 8.95. The molecule has 4 nitrogen and oxygen atoms in total. The Morgan fingerprint density at radius 1 is 0.731 bits per heavy atom. The van der Waals surface area contributed by atoms with E-state index in [4.69, 9.17) is 5.11 Å². The van der Waals surface area contributed by atoms with Gasteiger partial charge in [0.1, 0.15) is 6.10 Å². The van der Waals surface area contributed by atoms with Crippen molar-refractivity contribution in [2.24, 2.45) is 0 Å². The highest BCUT2D eigenvalue weighted by Gasteiger charge is 2.14. The van der Waals surface area contributed by atoms with Crippen molar-refractivity contribution in [3.05, 3.63) is 0 Å². The van der Waals surface area contributed by atoms with E-state index < -0.39 is 18.0 Å². The average molecular weight is 381 g/mol. The molecule has 2 radical (unpaired) electrons. The number of rotatable bonds is 17. The maximum atomic E-state index is 11.3. The monoisotopic (exact) mass is 380 g/mol. The highest BCUT2D eigenvalue weighted by atomic mass is 24.3. The fourth-order valence-corrected chi connectivity index (χ4v) is 2.89. The van der Waals surface area contributed by atoms with E-state index in [-0.39, 0.29) is 29.5 Å². The first-order chi connectivity index (χ1) is 12.1. The Kier molecular flexibility index (Phi) is 22.9. The van der Waals surface area contributed by atoms with Crippen molar-refractivity contribution in [1.82, 2.24) is 0 Å². The van der Waals surface area contributed by atoms with Crippen LogP contribution in [0.5, 0.6) is 0 Å². The number of carbonyl (C=O) groups excluding carboxylic acids is 2. The molecule has 0 saturated heterocycles. The van der Waals surface area contributed by atoms with Crippen LogP contribution < -0.4 is 0 Å². The van der Waals surface area contributed by atoms with Crippen molar-refractivity contribution in [3.63, 3.8) is 0 Å². The Bertz CT molecular complexity index is 332. The van der Waals surface area contributed by atoms with Gasteiger partial charge in [-0.3, -0.25) is 4.79 Å². The molecule has 0 aromatic heterocycles. The minimum Gasteiger partial charge on any atom is -0.391 e. The van der Waals surface area contributed by atoms with Crippen LogP contribution >= 0.6 is 0 Å². The van der Waals surface area contributed by atoms with Crippen LogP contribution in [0.2, 0.25) is 0 Å². The van der Waals surface area contributed by atoms with Gasteiger partial charge in [0, 0.05) is 29.5 Å². The molecule has 0 fully saturated rings. The number of unbranched alkanes of at least 4 members (excludes halogenated alkanes) is 14. The average Bonchev–Trinajstić information content (AvgIpc) is 2.58. The van der Waals surface area contributed by atoms with Crippen molar-refractivity contribution < 1.29 is 19.4 Å². The maximum absolute atomic E-state index is 11.3. The largest absolute Gasteiger partial charge is 0.391 e. The van der Waals surface area contributed by atoms with Crippen LogP contribution in [-0.4, -0.2) is 46.2 Å². The topological polar surface area (TPSA) is 63.6 Å². The van der Waals surface area contributed by atoms with Crippen LogP contribution in [0, 0.1) is 0 Å². The van der Waals surface area contributed by atoms with Crippen LogP contribution in [0.1, 0.15) is 117 Å². The van der Waals surface area contributed by atoms with Crippen molar-refractivity contribution in [2.75, 3.05) is 0 Å². The van der Waals surface area contributed by atoms with Gasteiger partial charge in [-0.2, -0.15) is 0 Å². The lowest BCUT2D eigenvalue weighted by molar-refractivity contribution is -0.165. The van der Waals surface area contributed by atoms with Crippen LogP contribution in [0.3, 0.4) is 0 Å². The minimum atomic E-state index is -1.23. The first kappa shape index (κ1) is 28.1. The Balaban J connectivity index is 0. The summed E-state index contributed by atoms with van der Waals surface area (Å²) in [6, 6.07) is 0. The molecule has 1 atom stereocenters. The lowest BCUT2D eigenvalue weighted by Crippen LogP contribution is -2.22. The van der Waals surface area contributed by atoms with Crippen molar-refractivity contribution >= 4 is 35.0 Å². The summed E-state index contributed by atoms with van der Waals surface area (Å²) in [5.74, 6) is -1.38. The van der Waals surface area contributed by atoms with E-state index in [9.17, 15) is 9.59 Å². The maximum Gasteiger partial charge on any atom is 0.342 e. The summed E-state index contributed by atoms with van der Waals surface area (Å²) in [6.07, 6.45) is 18.2. The molecule has 150 valence electrons. The Labute approximate surface area is 177 Å². The lowest BCUT2D eigenvalue weighted by atomic mass is 10.0. The third kappa shape index (κ3) is 20.2. The zero-order valence-corrected chi connectivity index (χ0v) is 18.7. The Morgan fingerprint density at radius 2 is 1.08 bits per heavy atom. The van der Waals surface area contributed by atoms with E-state index in [0.717, 1.165) is 19.3 Å². The highest BCUT2D eigenvalue weighted by Crippen LogP contribution is 2.13. The summed E-state index contributed by atoms with van der Waals surface area (Å²) in [6.45, 7) is 3.55. The lowest BCUT2D eigenvalue weighted by Gasteiger charge is -2.05. The molecule has 0 amide bonds. The predicted molar refractivity (Wildman–Crippen MR) is 108 cm³/mol. The van der Waals surface area contributed by atoms with Crippen LogP contribution in [0.4, 0.5) is 0 Å². The molecule has 0 bridgehead atoms. The van der Waals surface area contributed by atoms with Gasteiger partial charge in [-0.15, -0.1) is 0 Å². The first-order valence-electron chi connectivity index (χ1n) is 10.5. The molecule has 0 aromatic carbocycles. The molecule has 0 rings (SSSR count). The van der Waals surface area contributed by atoms with Gasteiger partial charge in [0.2, 0.25) is 0 Å². The van der Waals surface area contributed by atoms with Gasteiger partial charge in [0.05, 0.1) is 0 Å². The van der Waals surface area contributed by atoms with Crippen LogP contribution in [0.15, 0.2) is 0 Å². The van der Waals surface area contributed by atoms with Crippen LogP contribution in [0.25, 0.3) is 0 Å². The molecule has 0 saturated carbocycles. The molecule has 0 aromatic rings. The van der Waals surface area contributed by atoms with Gasteiger partial charge in [-0.05, 0) is 13.3 Å². The second-order valence-electron chi connectivity index (χ2n) is 7.17. The molecule has 1 N–H and O–H groups in total. The summed E-state index contributed by atoms with van der Waals surface area (Å²) >= 11 is 0. The SMILES string of the molecule is CCCCCCCCCCCCCCCCCC(=O)OC(=O)C(C)O.[Mg]. The second-order valence-corrected chi connectivity index (χ2v) is 7.17. The smallest absolute Gasteiger partial charge is 0.342 e. The summed E-state index contributed by atoms with van der Waals surface area (Å²) < 4.78 is 4.50. The first-order valence-corrected chi connectivity index (χ1v) is 10.5. The van der Waals surface area contributed by atoms with E-state index >= 15 is 0 Å². The van der Waals surface area contributed by atoms with E-state index in [0.29, 0.717) is 0 Å². The van der Waals surface area contributed by atoms with Gasteiger partial charge in [-0.1, -0.05) is 96.8 Å². The number of hydrogen-bond acceptors (Lipinski definition) is 4. The van der Waals surface area contributed by atoms with Crippen molar-refractivity contribution in [3.8, 4) is 0 Å². The molecule has 0 heterocycles. The third-order valence-corrected chi connectivity index (χ3v) is 4.54. The number of ether oxygens (including phenoxy) is 1. The number of aliphatic hydroxyl groups is 1. The fourth-order valence-electron chi connectivity index (χ4n) is 2.89. The zero-order valence-electron chi connectivity index (χ0n) is 17.3. The predicted octanol–water partition coefficient (Wildman–Crippen LogP) is 5.32. The molecule has 0 aliphatic rings. The summed E-state index contributed by atoms with van der Waals surface area (Å²) in [5.41, 5.74) is 0. The Morgan fingerprint density at radius 3 is 1.42 bits per heavy atom.